The number of nitrogens with zero attached hydrogens (tertiary/aromatic N) is 3. The maximum absolute atomic E-state index is 12.3. The van der Waals surface area contributed by atoms with Gasteiger partial charge in [0.1, 0.15) is 5.75 Å². The second-order valence-corrected chi connectivity index (χ2v) is 11.0. The molecular weight excluding hydrogens is 542 g/mol. The van der Waals surface area contributed by atoms with Gasteiger partial charge in [-0.25, -0.2) is 0 Å². The topological polar surface area (TPSA) is 71.4 Å². The van der Waals surface area contributed by atoms with E-state index in [4.69, 9.17) is 28.6 Å². The van der Waals surface area contributed by atoms with Crippen LogP contribution in [0.5, 0.6) is 5.75 Å². The molecule has 1 aliphatic rings. The molecule has 0 unspecified atom stereocenters. The number of halogens is 1. The predicted octanol–water partition coefficient (Wildman–Crippen LogP) is 6.92. The fraction of sp³-hybridized carbons (Fsp3) is 0.258. The van der Waals surface area contributed by atoms with E-state index in [-0.39, 0.29) is 23.9 Å². The molecule has 1 saturated heterocycles. The molecule has 4 aromatic rings. The Kier molecular flexibility index (Phi) is 7.83. The number of thiocarbonyl (C=S) groups is 1. The van der Waals surface area contributed by atoms with E-state index in [0.29, 0.717) is 15.8 Å². The van der Waals surface area contributed by atoms with E-state index < -0.39 is 0 Å². The van der Waals surface area contributed by atoms with Crippen molar-refractivity contribution in [1.29, 1.82) is 0 Å². The smallest absolute Gasteiger partial charge is 0.226 e. The minimum absolute atomic E-state index is 0.0916. The first kappa shape index (κ1) is 27.7. The number of rotatable bonds is 7. The summed E-state index contributed by atoms with van der Waals surface area (Å²) in [5.41, 5.74) is 6.56. The number of methoxy groups -OCH3 is 1. The van der Waals surface area contributed by atoms with Crippen LogP contribution in [0, 0.1) is 19.8 Å². The first-order chi connectivity index (χ1) is 19.2. The lowest BCUT2D eigenvalue weighted by molar-refractivity contribution is -0.118. The van der Waals surface area contributed by atoms with Gasteiger partial charge in [0.2, 0.25) is 5.91 Å². The maximum Gasteiger partial charge on any atom is 0.226 e. The molecule has 206 valence electrons. The third kappa shape index (κ3) is 5.17. The van der Waals surface area contributed by atoms with Gasteiger partial charge in [-0.3, -0.25) is 9.78 Å². The van der Waals surface area contributed by atoms with Crippen LogP contribution in [0.1, 0.15) is 48.6 Å². The molecule has 1 aliphatic heterocycles. The Morgan fingerprint density at radius 1 is 1.07 bits per heavy atom. The zero-order valence-corrected chi connectivity index (χ0v) is 24.7. The summed E-state index contributed by atoms with van der Waals surface area (Å²) in [7, 11) is 1.67. The lowest BCUT2D eigenvalue weighted by Crippen LogP contribution is -2.29. The van der Waals surface area contributed by atoms with E-state index >= 15 is 0 Å². The summed E-state index contributed by atoms with van der Waals surface area (Å²) in [6, 6.07) is 21.3. The Labute approximate surface area is 245 Å². The zero-order valence-electron chi connectivity index (χ0n) is 23.1. The molecule has 7 nitrogen and oxygen atoms in total. The van der Waals surface area contributed by atoms with Crippen molar-refractivity contribution in [3.63, 3.8) is 0 Å². The fourth-order valence-electron chi connectivity index (χ4n) is 5.22. The lowest BCUT2D eigenvalue weighted by atomic mass is 9.96. The summed E-state index contributed by atoms with van der Waals surface area (Å²) >= 11 is 12.6. The largest absolute Gasteiger partial charge is 0.497 e. The fourth-order valence-corrected chi connectivity index (χ4v) is 5.78. The van der Waals surface area contributed by atoms with E-state index in [2.05, 4.69) is 51.1 Å². The van der Waals surface area contributed by atoms with Gasteiger partial charge in [-0.1, -0.05) is 37.6 Å². The van der Waals surface area contributed by atoms with Gasteiger partial charge < -0.3 is 24.8 Å². The third-order valence-corrected chi connectivity index (χ3v) is 7.84. The molecule has 5 rings (SSSR count). The highest BCUT2D eigenvalue weighted by atomic mass is 35.5. The minimum atomic E-state index is -0.208. The molecule has 40 heavy (non-hydrogen) atoms. The Bertz CT molecular complexity index is 1570. The number of pyridine rings is 1. The molecule has 1 amide bonds. The van der Waals surface area contributed by atoms with Crippen molar-refractivity contribution in [2.24, 2.45) is 5.92 Å². The average molecular weight is 574 g/mol. The molecule has 0 radical (unpaired) electrons. The average Bonchev–Trinajstić information content (AvgIpc) is 3.44. The van der Waals surface area contributed by atoms with Gasteiger partial charge in [-0.2, -0.15) is 0 Å². The molecule has 0 spiro atoms. The highest BCUT2D eigenvalue weighted by Gasteiger charge is 2.42. The SMILES string of the molecule is COc1cccc(-n2c(C)cc([C@H]3[C@@H](c4ccccn4)NC(=S)N3c3ccc(NC(=O)C(C)C)c(Cl)c3)c2C)c1. The quantitative estimate of drug-likeness (QED) is 0.234. The molecule has 2 aromatic carbocycles. The summed E-state index contributed by atoms with van der Waals surface area (Å²) in [4.78, 5) is 19.1. The van der Waals surface area contributed by atoms with Crippen LogP contribution in [0.15, 0.2) is 72.9 Å². The van der Waals surface area contributed by atoms with Crippen LogP contribution in [0.2, 0.25) is 5.02 Å². The normalized spacial score (nSPS) is 16.8. The molecule has 2 atom stereocenters. The number of carbonyl (C=O) groups is 1. The second-order valence-electron chi connectivity index (χ2n) is 10.2. The Hall–Kier alpha value is -3.88. The summed E-state index contributed by atoms with van der Waals surface area (Å²) < 4.78 is 7.72. The number of nitrogens with one attached hydrogen (secondary N) is 2. The van der Waals surface area contributed by atoms with Crippen LogP contribution in [-0.2, 0) is 4.79 Å². The van der Waals surface area contributed by atoms with Crippen LogP contribution in [0.25, 0.3) is 5.69 Å². The first-order valence-corrected chi connectivity index (χ1v) is 13.9. The number of hydrogen-bond acceptors (Lipinski definition) is 4. The third-order valence-electron chi connectivity index (χ3n) is 7.21. The molecule has 3 heterocycles. The molecule has 1 fully saturated rings. The van der Waals surface area contributed by atoms with Gasteiger partial charge in [-0.05, 0) is 80.2 Å². The van der Waals surface area contributed by atoms with Crippen molar-refractivity contribution in [1.82, 2.24) is 14.9 Å². The number of anilines is 2. The molecule has 2 N–H and O–H groups in total. The van der Waals surface area contributed by atoms with E-state index in [1.807, 2.05) is 68.4 Å². The van der Waals surface area contributed by atoms with Gasteiger partial charge >= 0.3 is 0 Å². The van der Waals surface area contributed by atoms with Crippen LogP contribution in [-0.4, -0.2) is 27.7 Å². The summed E-state index contributed by atoms with van der Waals surface area (Å²) in [5, 5.41) is 7.43. The Morgan fingerprint density at radius 2 is 1.88 bits per heavy atom. The Balaban J connectivity index is 1.62. The number of aryl methyl sites for hydroxylation is 1. The summed E-state index contributed by atoms with van der Waals surface area (Å²) in [6.07, 6.45) is 1.79. The highest BCUT2D eigenvalue weighted by molar-refractivity contribution is 7.80. The zero-order chi connectivity index (χ0) is 28.6. The number of benzene rings is 2. The number of hydrogen-bond donors (Lipinski definition) is 2. The second kappa shape index (κ2) is 11.3. The van der Waals surface area contributed by atoms with Crippen molar-refractivity contribution in [3.05, 3.63) is 101 Å². The van der Waals surface area contributed by atoms with Crippen LogP contribution < -0.4 is 20.3 Å². The van der Waals surface area contributed by atoms with E-state index in [9.17, 15) is 4.79 Å². The first-order valence-electron chi connectivity index (χ1n) is 13.1. The van der Waals surface area contributed by atoms with E-state index in [1.54, 1.807) is 13.3 Å². The van der Waals surface area contributed by atoms with Crippen molar-refractivity contribution in [3.8, 4) is 11.4 Å². The van der Waals surface area contributed by atoms with E-state index in [0.717, 1.165) is 39.8 Å². The van der Waals surface area contributed by atoms with Crippen molar-refractivity contribution >= 4 is 46.2 Å². The van der Waals surface area contributed by atoms with E-state index in [1.165, 1.54) is 0 Å². The molecule has 0 bridgehead atoms. The molecule has 2 aromatic heterocycles. The minimum Gasteiger partial charge on any atom is -0.497 e. The standard InChI is InChI=1S/C31H32ClN5O2S/c1-18(2)30(38)34-26-13-12-22(17-25(26)32)37-29(28(35-31(37)40)27-11-6-7-14-33-27)24-15-19(3)36(20(24)4)21-9-8-10-23(16-21)39-5/h6-18,28-29H,1-5H3,(H,34,38)(H,35,40)/t28-,29+/m1/s1. The highest BCUT2D eigenvalue weighted by Crippen LogP contribution is 2.44. The number of ether oxygens (including phenoxy) is 1. The molecule has 0 saturated carbocycles. The summed E-state index contributed by atoms with van der Waals surface area (Å²) in [6.45, 7) is 7.90. The molecule has 0 aliphatic carbocycles. The molecule has 9 heteroatoms. The molecular formula is C31H32ClN5O2S. The van der Waals surface area contributed by atoms with Gasteiger partial charge in [0, 0.05) is 40.9 Å². The number of aromatic nitrogens is 2. The van der Waals surface area contributed by atoms with Crippen LogP contribution in [0.4, 0.5) is 11.4 Å². The van der Waals surface area contributed by atoms with Crippen LogP contribution in [0.3, 0.4) is 0 Å². The maximum atomic E-state index is 12.3. The number of amides is 1. The van der Waals surface area contributed by atoms with Gasteiger partial charge in [0.25, 0.3) is 0 Å². The predicted molar refractivity (Wildman–Crippen MR) is 165 cm³/mol. The van der Waals surface area contributed by atoms with Crippen molar-refractivity contribution in [2.45, 2.75) is 39.8 Å². The lowest BCUT2D eigenvalue weighted by Gasteiger charge is -2.28. The van der Waals surface area contributed by atoms with Gasteiger partial charge in [0.15, 0.2) is 5.11 Å². The van der Waals surface area contributed by atoms with Crippen molar-refractivity contribution in [2.75, 3.05) is 17.3 Å². The van der Waals surface area contributed by atoms with Gasteiger partial charge in [-0.15, -0.1) is 0 Å². The monoisotopic (exact) mass is 573 g/mol. The van der Waals surface area contributed by atoms with Crippen molar-refractivity contribution < 1.29 is 9.53 Å². The van der Waals surface area contributed by atoms with Gasteiger partial charge in [0.05, 0.1) is 35.6 Å². The number of carbonyl (C=O) groups excluding carboxylic acids is 1. The van der Waals surface area contributed by atoms with Crippen LogP contribution >= 0.6 is 23.8 Å². The summed E-state index contributed by atoms with van der Waals surface area (Å²) in [5.74, 6) is 0.545. The Morgan fingerprint density at radius 3 is 2.55 bits per heavy atom.